The van der Waals surface area contributed by atoms with Gasteiger partial charge in [-0.05, 0) is 68.1 Å². The molecular formula is C23H25FN4O3. The lowest BCUT2D eigenvalue weighted by Crippen LogP contribution is -2.42. The van der Waals surface area contributed by atoms with Crippen LogP contribution in [-0.4, -0.2) is 42.4 Å². The second-order valence-electron chi connectivity index (χ2n) is 8.19. The number of imide groups is 1. The van der Waals surface area contributed by atoms with Crippen LogP contribution in [0.15, 0.2) is 42.5 Å². The summed E-state index contributed by atoms with van der Waals surface area (Å²) >= 11 is 0. The average molecular weight is 424 g/mol. The maximum absolute atomic E-state index is 13.2. The third kappa shape index (κ3) is 3.97. The van der Waals surface area contributed by atoms with Crippen LogP contribution in [0.2, 0.25) is 0 Å². The van der Waals surface area contributed by atoms with Crippen LogP contribution < -0.4 is 15.5 Å². The first-order valence-electron chi connectivity index (χ1n) is 10.3. The molecule has 2 fully saturated rings. The molecule has 0 aromatic heterocycles. The molecule has 2 aliphatic heterocycles. The van der Waals surface area contributed by atoms with Crippen LogP contribution in [0.5, 0.6) is 0 Å². The second-order valence-corrected chi connectivity index (χ2v) is 8.19. The third-order valence-corrected chi connectivity index (χ3v) is 5.95. The zero-order valence-electron chi connectivity index (χ0n) is 17.6. The quantitative estimate of drug-likeness (QED) is 0.723. The van der Waals surface area contributed by atoms with Gasteiger partial charge in [-0.2, -0.15) is 0 Å². The smallest absolute Gasteiger partial charge is 0.325 e. The lowest BCUT2D eigenvalue weighted by Gasteiger charge is -2.22. The molecule has 31 heavy (non-hydrogen) atoms. The number of anilines is 2. The van der Waals surface area contributed by atoms with Gasteiger partial charge >= 0.3 is 6.03 Å². The highest BCUT2D eigenvalue weighted by atomic mass is 19.1. The van der Waals surface area contributed by atoms with Gasteiger partial charge in [0.25, 0.3) is 5.91 Å². The highest BCUT2D eigenvalue weighted by Crippen LogP contribution is 2.29. The molecule has 2 saturated heterocycles. The van der Waals surface area contributed by atoms with Crippen LogP contribution in [0.25, 0.3) is 0 Å². The summed E-state index contributed by atoms with van der Waals surface area (Å²) in [5.74, 6) is -1.46. The van der Waals surface area contributed by atoms with Crippen molar-refractivity contribution in [1.82, 2.24) is 10.2 Å². The Bertz CT molecular complexity index is 1030. The first-order chi connectivity index (χ1) is 14.8. The molecule has 0 saturated carbocycles. The summed E-state index contributed by atoms with van der Waals surface area (Å²) in [5, 5.41) is 5.40. The van der Waals surface area contributed by atoms with Crippen molar-refractivity contribution in [2.45, 2.75) is 32.2 Å². The molecule has 0 aliphatic carbocycles. The molecule has 2 aromatic carbocycles. The number of hydrogen-bond acceptors (Lipinski definition) is 4. The van der Waals surface area contributed by atoms with E-state index in [-0.39, 0.29) is 0 Å². The minimum Gasteiger partial charge on any atom is -0.372 e. The number of nitrogens with zero attached hydrogens (tertiary/aromatic N) is 2. The van der Waals surface area contributed by atoms with E-state index in [2.05, 4.69) is 15.5 Å². The minimum atomic E-state index is -1.35. The predicted molar refractivity (Wildman–Crippen MR) is 115 cm³/mol. The van der Waals surface area contributed by atoms with E-state index in [4.69, 9.17) is 0 Å². The number of aryl methyl sites for hydroxylation is 1. The van der Waals surface area contributed by atoms with E-state index in [0.29, 0.717) is 11.3 Å². The number of urea groups is 1. The molecule has 2 aliphatic rings. The zero-order valence-corrected chi connectivity index (χ0v) is 17.6. The van der Waals surface area contributed by atoms with Gasteiger partial charge in [-0.25, -0.2) is 9.18 Å². The molecule has 0 bridgehead atoms. The first kappa shape index (κ1) is 20.8. The van der Waals surface area contributed by atoms with Crippen LogP contribution in [0, 0.1) is 12.7 Å². The maximum atomic E-state index is 13.2. The van der Waals surface area contributed by atoms with Gasteiger partial charge in [0.1, 0.15) is 17.9 Å². The summed E-state index contributed by atoms with van der Waals surface area (Å²) in [4.78, 5) is 41.1. The molecular weight excluding hydrogens is 399 g/mol. The Hall–Kier alpha value is -3.42. The van der Waals surface area contributed by atoms with Gasteiger partial charge in [-0.3, -0.25) is 14.5 Å². The number of carbonyl (C=O) groups excluding carboxylic acids is 3. The number of rotatable bonds is 5. The Morgan fingerprint density at radius 2 is 1.81 bits per heavy atom. The van der Waals surface area contributed by atoms with Crippen molar-refractivity contribution in [3.05, 3.63) is 59.4 Å². The van der Waals surface area contributed by atoms with Crippen LogP contribution in [0.4, 0.5) is 20.6 Å². The Labute approximate surface area is 180 Å². The molecule has 2 heterocycles. The number of amides is 4. The van der Waals surface area contributed by atoms with Gasteiger partial charge in [0.2, 0.25) is 5.91 Å². The molecule has 1 unspecified atom stereocenters. The normalized spacial score (nSPS) is 20.9. The first-order valence-corrected chi connectivity index (χ1v) is 10.3. The van der Waals surface area contributed by atoms with E-state index >= 15 is 0 Å². The molecule has 0 spiro atoms. The maximum Gasteiger partial charge on any atom is 0.325 e. The fraction of sp³-hybridized carbons (Fsp3) is 0.348. The number of nitrogens with one attached hydrogen (secondary N) is 2. The van der Waals surface area contributed by atoms with Crippen molar-refractivity contribution in [2.24, 2.45) is 0 Å². The summed E-state index contributed by atoms with van der Waals surface area (Å²) in [6.45, 7) is 5.11. The summed E-state index contributed by atoms with van der Waals surface area (Å²) in [5.41, 5.74) is 1.77. The van der Waals surface area contributed by atoms with Crippen LogP contribution in [0.1, 0.15) is 30.9 Å². The van der Waals surface area contributed by atoms with Crippen molar-refractivity contribution in [2.75, 3.05) is 29.9 Å². The standard InChI is InChI=1S/C23H25FN4O3/c1-15-13-18(27-11-3-4-12-27)9-10-19(15)25-20(29)14-28-21(30)23(2,26-22(28)31)16-5-7-17(24)8-6-16/h5-10,13H,3-4,11-12,14H2,1-2H3,(H,25,29)(H,26,31). The number of carbonyl (C=O) groups is 3. The molecule has 2 aromatic rings. The fourth-order valence-electron chi connectivity index (χ4n) is 4.11. The van der Waals surface area contributed by atoms with E-state index in [1.54, 1.807) is 6.92 Å². The average Bonchev–Trinajstić information content (AvgIpc) is 3.34. The summed E-state index contributed by atoms with van der Waals surface area (Å²) in [7, 11) is 0. The molecule has 4 amide bonds. The van der Waals surface area contributed by atoms with Gasteiger partial charge < -0.3 is 15.5 Å². The minimum absolute atomic E-state index is 0.408. The Morgan fingerprint density at radius 1 is 1.13 bits per heavy atom. The largest absolute Gasteiger partial charge is 0.372 e. The predicted octanol–water partition coefficient (Wildman–Crippen LogP) is 3.14. The summed E-state index contributed by atoms with van der Waals surface area (Å²) < 4.78 is 13.2. The van der Waals surface area contributed by atoms with Crippen molar-refractivity contribution < 1.29 is 18.8 Å². The Morgan fingerprint density at radius 3 is 2.45 bits per heavy atom. The van der Waals surface area contributed by atoms with Crippen molar-refractivity contribution in [3.63, 3.8) is 0 Å². The lowest BCUT2D eigenvalue weighted by atomic mass is 9.92. The van der Waals surface area contributed by atoms with E-state index in [1.807, 2.05) is 25.1 Å². The van der Waals surface area contributed by atoms with Crippen molar-refractivity contribution >= 4 is 29.2 Å². The van der Waals surface area contributed by atoms with E-state index in [1.165, 1.54) is 37.1 Å². The zero-order chi connectivity index (χ0) is 22.2. The SMILES string of the molecule is Cc1cc(N2CCCC2)ccc1NC(=O)CN1C(=O)NC(C)(c2ccc(F)cc2)C1=O. The second kappa shape index (κ2) is 8.02. The van der Waals surface area contributed by atoms with Crippen LogP contribution in [0.3, 0.4) is 0 Å². The highest BCUT2D eigenvalue weighted by Gasteiger charge is 2.49. The number of hydrogen-bond donors (Lipinski definition) is 2. The number of halogens is 1. The van der Waals surface area contributed by atoms with Gasteiger partial charge in [0.15, 0.2) is 0 Å². The third-order valence-electron chi connectivity index (χ3n) is 5.95. The van der Waals surface area contributed by atoms with Gasteiger partial charge in [-0.1, -0.05) is 12.1 Å². The van der Waals surface area contributed by atoms with E-state index in [9.17, 15) is 18.8 Å². The monoisotopic (exact) mass is 424 g/mol. The molecule has 1 atom stereocenters. The number of benzene rings is 2. The molecule has 0 radical (unpaired) electrons. The van der Waals surface area contributed by atoms with Crippen molar-refractivity contribution in [1.29, 1.82) is 0 Å². The summed E-state index contributed by atoms with van der Waals surface area (Å²) in [6, 6.07) is 10.5. The summed E-state index contributed by atoms with van der Waals surface area (Å²) in [6.07, 6.45) is 2.36. The van der Waals surface area contributed by atoms with Gasteiger partial charge in [-0.15, -0.1) is 0 Å². The van der Waals surface area contributed by atoms with E-state index < -0.39 is 35.7 Å². The van der Waals surface area contributed by atoms with E-state index in [0.717, 1.165) is 29.2 Å². The van der Waals surface area contributed by atoms with Crippen LogP contribution in [-0.2, 0) is 15.1 Å². The lowest BCUT2D eigenvalue weighted by molar-refractivity contribution is -0.133. The molecule has 4 rings (SSSR count). The highest BCUT2D eigenvalue weighted by molar-refractivity contribution is 6.10. The molecule has 162 valence electrons. The van der Waals surface area contributed by atoms with Crippen LogP contribution >= 0.6 is 0 Å². The van der Waals surface area contributed by atoms with Gasteiger partial charge in [0, 0.05) is 24.5 Å². The van der Waals surface area contributed by atoms with Gasteiger partial charge in [0.05, 0.1) is 0 Å². The Kier molecular flexibility index (Phi) is 5.39. The van der Waals surface area contributed by atoms with Crippen molar-refractivity contribution in [3.8, 4) is 0 Å². The molecule has 8 heteroatoms. The molecule has 7 nitrogen and oxygen atoms in total. The fourth-order valence-corrected chi connectivity index (χ4v) is 4.11. The molecule has 2 N–H and O–H groups in total. The topological polar surface area (TPSA) is 81.8 Å². The Balaban J connectivity index is 1.44.